The van der Waals surface area contributed by atoms with E-state index in [-0.39, 0.29) is 5.91 Å². The molecule has 5 heteroatoms. The third-order valence-electron chi connectivity index (χ3n) is 4.37. The molecule has 2 unspecified atom stereocenters. The molecular formula is C14H26N2O2S. The van der Waals surface area contributed by atoms with Crippen LogP contribution in [0.25, 0.3) is 0 Å². The van der Waals surface area contributed by atoms with Crippen LogP contribution in [0.15, 0.2) is 0 Å². The number of amides is 1. The number of ether oxygens (including phenoxy) is 1. The van der Waals surface area contributed by atoms with Gasteiger partial charge in [0.05, 0.1) is 0 Å². The zero-order chi connectivity index (χ0) is 13.7. The minimum atomic E-state index is -0.602. The Morgan fingerprint density at radius 2 is 2.16 bits per heavy atom. The molecule has 0 aromatic heterocycles. The highest BCUT2D eigenvalue weighted by Gasteiger charge is 2.41. The van der Waals surface area contributed by atoms with Gasteiger partial charge >= 0.3 is 0 Å². The van der Waals surface area contributed by atoms with Crippen molar-refractivity contribution in [2.45, 2.75) is 55.9 Å². The van der Waals surface area contributed by atoms with Crippen LogP contribution in [0.1, 0.15) is 39.0 Å². The Labute approximate surface area is 120 Å². The summed E-state index contributed by atoms with van der Waals surface area (Å²) in [5, 5.41) is 7.14. The molecule has 2 aliphatic rings. The molecule has 110 valence electrons. The molecule has 1 heterocycles. The van der Waals surface area contributed by atoms with Crippen molar-refractivity contribution in [3.05, 3.63) is 0 Å². The lowest BCUT2D eigenvalue weighted by Gasteiger charge is -2.36. The number of carbonyl (C=O) groups excluding carboxylic acids is 1. The molecule has 0 spiro atoms. The molecule has 0 radical (unpaired) electrons. The number of methoxy groups -OCH3 is 1. The summed E-state index contributed by atoms with van der Waals surface area (Å²) < 4.78 is 5.59. The van der Waals surface area contributed by atoms with Crippen molar-refractivity contribution in [2.24, 2.45) is 0 Å². The number of nitrogens with one attached hydrogen (secondary N) is 2. The van der Waals surface area contributed by atoms with Crippen LogP contribution in [0.4, 0.5) is 0 Å². The molecule has 0 aromatic rings. The number of piperidine rings is 1. The molecule has 4 nitrogen and oxygen atoms in total. The fraction of sp³-hybridized carbons (Fsp3) is 0.929. The molecule has 2 N–H and O–H groups in total. The van der Waals surface area contributed by atoms with Gasteiger partial charge in [0.2, 0.25) is 0 Å². The van der Waals surface area contributed by atoms with E-state index in [2.05, 4.69) is 17.6 Å². The molecule has 1 saturated heterocycles. The van der Waals surface area contributed by atoms with Gasteiger partial charge < -0.3 is 15.4 Å². The van der Waals surface area contributed by atoms with Crippen molar-refractivity contribution in [2.75, 3.05) is 26.0 Å². The van der Waals surface area contributed by atoms with Gasteiger partial charge in [0, 0.05) is 18.4 Å². The standard InChI is InChI=1S/C14H26N2O2S/c1-3-19-12-6-4-5-11(12)16-13(17)14(18-2)7-9-15-10-8-14/h11-12,15H,3-10H2,1-2H3,(H,16,17). The van der Waals surface area contributed by atoms with Crippen LogP contribution in [0.2, 0.25) is 0 Å². The van der Waals surface area contributed by atoms with E-state index < -0.39 is 5.60 Å². The van der Waals surface area contributed by atoms with Gasteiger partial charge in [0.25, 0.3) is 5.91 Å². The Morgan fingerprint density at radius 3 is 2.79 bits per heavy atom. The van der Waals surface area contributed by atoms with Gasteiger partial charge in [-0.1, -0.05) is 13.3 Å². The van der Waals surface area contributed by atoms with Crippen LogP contribution in [0.3, 0.4) is 0 Å². The fourth-order valence-electron chi connectivity index (χ4n) is 3.16. The Hall–Kier alpha value is -0.260. The first-order chi connectivity index (χ1) is 9.22. The van der Waals surface area contributed by atoms with Crippen LogP contribution in [0, 0.1) is 0 Å². The molecule has 0 bridgehead atoms. The predicted octanol–water partition coefficient (Wildman–Crippen LogP) is 1.55. The predicted molar refractivity (Wildman–Crippen MR) is 79.5 cm³/mol. The molecule has 2 atom stereocenters. The van der Waals surface area contributed by atoms with E-state index in [0.29, 0.717) is 11.3 Å². The minimum Gasteiger partial charge on any atom is -0.368 e. The topological polar surface area (TPSA) is 50.4 Å². The second kappa shape index (κ2) is 6.95. The summed E-state index contributed by atoms with van der Waals surface area (Å²) in [5.74, 6) is 1.22. The zero-order valence-corrected chi connectivity index (χ0v) is 12.9. The maximum atomic E-state index is 12.6. The third-order valence-corrected chi connectivity index (χ3v) is 5.69. The quantitative estimate of drug-likeness (QED) is 0.805. The second-order valence-electron chi connectivity index (χ2n) is 5.45. The molecule has 19 heavy (non-hydrogen) atoms. The molecule has 1 aliphatic heterocycles. The summed E-state index contributed by atoms with van der Waals surface area (Å²) in [5.41, 5.74) is -0.602. The lowest BCUT2D eigenvalue weighted by atomic mass is 9.90. The fourth-order valence-corrected chi connectivity index (χ4v) is 4.36. The molecule has 1 aliphatic carbocycles. The SMILES string of the molecule is CCSC1CCCC1NC(=O)C1(OC)CCNCC1. The van der Waals surface area contributed by atoms with E-state index >= 15 is 0 Å². The number of thioether (sulfide) groups is 1. The van der Waals surface area contributed by atoms with Crippen molar-refractivity contribution in [3.8, 4) is 0 Å². The smallest absolute Gasteiger partial charge is 0.252 e. The summed E-state index contributed by atoms with van der Waals surface area (Å²) in [6.07, 6.45) is 5.11. The summed E-state index contributed by atoms with van der Waals surface area (Å²) in [4.78, 5) is 12.6. The van der Waals surface area contributed by atoms with Gasteiger partial charge in [0.1, 0.15) is 5.60 Å². The van der Waals surface area contributed by atoms with E-state index in [1.807, 2.05) is 11.8 Å². The van der Waals surface area contributed by atoms with Crippen LogP contribution < -0.4 is 10.6 Å². The van der Waals surface area contributed by atoms with Gasteiger partial charge in [-0.3, -0.25) is 4.79 Å². The Balaban J connectivity index is 1.95. The average molecular weight is 286 g/mol. The molecule has 2 fully saturated rings. The van der Waals surface area contributed by atoms with E-state index in [1.165, 1.54) is 12.8 Å². The van der Waals surface area contributed by atoms with Crippen LogP contribution in [0.5, 0.6) is 0 Å². The molecule has 2 rings (SSSR count). The van der Waals surface area contributed by atoms with Gasteiger partial charge in [0.15, 0.2) is 0 Å². The minimum absolute atomic E-state index is 0.102. The number of carbonyl (C=O) groups is 1. The monoisotopic (exact) mass is 286 g/mol. The van der Waals surface area contributed by atoms with Crippen molar-refractivity contribution in [1.82, 2.24) is 10.6 Å². The molecular weight excluding hydrogens is 260 g/mol. The highest BCUT2D eigenvalue weighted by atomic mass is 32.2. The lowest BCUT2D eigenvalue weighted by Crippen LogP contribution is -2.56. The lowest BCUT2D eigenvalue weighted by molar-refractivity contribution is -0.147. The van der Waals surface area contributed by atoms with E-state index in [1.54, 1.807) is 7.11 Å². The Morgan fingerprint density at radius 1 is 1.42 bits per heavy atom. The first-order valence-electron chi connectivity index (χ1n) is 7.40. The summed E-state index contributed by atoms with van der Waals surface area (Å²) in [7, 11) is 1.66. The van der Waals surface area contributed by atoms with Gasteiger partial charge in [-0.05, 0) is 44.5 Å². The molecule has 1 saturated carbocycles. The summed E-state index contributed by atoms with van der Waals surface area (Å²) in [6, 6.07) is 0.333. The number of rotatable bonds is 5. The zero-order valence-electron chi connectivity index (χ0n) is 12.0. The largest absolute Gasteiger partial charge is 0.368 e. The van der Waals surface area contributed by atoms with Crippen LogP contribution in [-0.2, 0) is 9.53 Å². The first-order valence-corrected chi connectivity index (χ1v) is 8.45. The van der Waals surface area contributed by atoms with E-state index in [0.717, 1.165) is 38.1 Å². The van der Waals surface area contributed by atoms with Crippen LogP contribution in [-0.4, -0.2) is 48.8 Å². The molecule has 0 aromatic carbocycles. The highest BCUT2D eigenvalue weighted by Crippen LogP contribution is 2.31. The maximum Gasteiger partial charge on any atom is 0.252 e. The number of hydrogen-bond acceptors (Lipinski definition) is 4. The van der Waals surface area contributed by atoms with Crippen molar-refractivity contribution < 1.29 is 9.53 Å². The summed E-state index contributed by atoms with van der Waals surface area (Å²) >= 11 is 1.97. The molecule has 1 amide bonds. The van der Waals surface area contributed by atoms with Gasteiger partial charge in [-0.2, -0.15) is 11.8 Å². The maximum absolute atomic E-state index is 12.6. The van der Waals surface area contributed by atoms with Crippen molar-refractivity contribution in [3.63, 3.8) is 0 Å². The summed E-state index contributed by atoms with van der Waals surface area (Å²) in [6.45, 7) is 3.91. The Bertz CT molecular complexity index is 306. The van der Waals surface area contributed by atoms with Crippen LogP contribution >= 0.6 is 11.8 Å². The first kappa shape index (κ1) is 15.1. The highest BCUT2D eigenvalue weighted by molar-refractivity contribution is 7.99. The van der Waals surface area contributed by atoms with Gasteiger partial charge in [-0.15, -0.1) is 0 Å². The third kappa shape index (κ3) is 3.44. The number of hydrogen-bond donors (Lipinski definition) is 2. The van der Waals surface area contributed by atoms with Crippen molar-refractivity contribution >= 4 is 17.7 Å². The second-order valence-corrected chi connectivity index (χ2v) is 6.97. The average Bonchev–Trinajstić information content (AvgIpc) is 2.87. The van der Waals surface area contributed by atoms with E-state index in [4.69, 9.17) is 4.74 Å². The van der Waals surface area contributed by atoms with Crippen molar-refractivity contribution in [1.29, 1.82) is 0 Å². The normalized spacial score (nSPS) is 30.2. The van der Waals surface area contributed by atoms with Gasteiger partial charge in [-0.25, -0.2) is 0 Å². The Kier molecular flexibility index (Phi) is 5.54. The van der Waals surface area contributed by atoms with E-state index in [9.17, 15) is 4.79 Å².